The van der Waals surface area contributed by atoms with Crippen molar-refractivity contribution in [1.82, 2.24) is 4.90 Å². The predicted molar refractivity (Wildman–Crippen MR) is 103 cm³/mol. The molecule has 3 aliphatic heterocycles. The minimum atomic E-state index is -0.468. The van der Waals surface area contributed by atoms with Crippen LogP contribution < -0.4 is 0 Å². The molecule has 3 aliphatic rings. The lowest BCUT2D eigenvalue weighted by Crippen LogP contribution is -2.52. The summed E-state index contributed by atoms with van der Waals surface area (Å²) in [7, 11) is 1.60. The molecule has 0 spiro atoms. The molecular formula is C22H25NO5. The van der Waals surface area contributed by atoms with E-state index < -0.39 is 12.6 Å². The first-order valence-corrected chi connectivity index (χ1v) is 9.16. The Morgan fingerprint density at radius 1 is 1.00 bits per heavy atom. The van der Waals surface area contributed by atoms with Crippen LogP contribution in [0.25, 0.3) is 0 Å². The summed E-state index contributed by atoms with van der Waals surface area (Å²) in [4.78, 5) is 14.8. The number of benzene rings is 2. The van der Waals surface area contributed by atoms with Gasteiger partial charge in [-0.15, -0.1) is 0 Å². The van der Waals surface area contributed by atoms with Crippen molar-refractivity contribution in [3.63, 3.8) is 0 Å². The van der Waals surface area contributed by atoms with Gasteiger partial charge < -0.3 is 23.8 Å². The number of methoxy groups -OCH3 is 1. The Kier molecular flexibility index (Phi) is 5.21. The SMILES string of the molecule is C.CO[C@@H]1O[C@@H]2COC(c3ccccc3)O[C@H]2[C@@H]2[C@H]1N2C(=O)c1ccccc1. The Hall–Kier alpha value is -2.25. The fourth-order valence-electron chi connectivity index (χ4n) is 4.11. The van der Waals surface area contributed by atoms with Gasteiger partial charge in [-0.3, -0.25) is 4.79 Å². The molecule has 148 valence electrons. The number of rotatable bonds is 3. The Morgan fingerprint density at radius 2 is 1.68 bits per heavy atom. The number of hydrogen-bond acceptors (Lipinski definition) is 5. The van der Waals surface area contributed by atoms with Crippen molar-refractivity contribution in [1.29, 1.82) is 0 Å². The Balaban J connectivity index is 0.00000192. The molecule has 0 aromatic heterocycles. The first kappa shape index (κ1) is 19.1. The molecule has 0 saturated carbocycles. The molecule has 6 atom stereocenters. The molecule has 3 heterocycles. The van der Waals surface area contributed by atoms with Crippen LogP contribution in [0.1, 0.15) is 29.6 Å². The van der Waals surface area contributed by atoms with Crippen LogP contribution in [0.4, 0.5) is 0 Å². The third kappa shape index (κ3) is 3.12. The summed E-state index contributed by atoms with van der Waals surface area (Å²) in [5.74, 6) is -0.0248. The minimum Gasteiger partial charge on any atom is -0.354 e. The molecule has 0 aliphatic carbocycles. The van der Waals surface area contributed by atoms with Gasteiger partial charge in [-0.25, -0.2) is 0 Å². The molecule has 28 heavy (non-hydrogen) atoms. The number of fused-ring (bicyclic) bond motifs is 3. The van der Waals surface area contributed by atoms with E-state index in [1.807, 2.05) is 65.6 Å². The highest BCUT2D eigenvalue weighted by Gasteiger charge is 2.66. The zero-order chi connectivity index (χ0) is 18.4. The van der Waals surface area contributed by atoms with E-state index in [4.69, 9.17) is 18.9 Å². The molecule has 0 radical (unpaired) electrons. The minimum absolute atomic E-state index is 0. The normalized spacial score (nSPS) is 33.2. The maximum Gasteiger partial charge on any atom is 0.254 e. The summed E-state index contributed by atoms with van der Waals surface area (Å²) < 4.78 is 23.6. The van der Waals surface area contributed by atoms with Gasteiger partial charge in [0.2, 0.25) is 0 Å². The molecule has 6 heteroatoms. The summed E-state index contributed by atoms with van der Waals surface area (Å²) >= 11 is 0. The van der Waals surface area contributed by atoms with Crippen molar-refractivity contribution in [2.24, 2.45) is 0 Å². The van der Waals surface area contributed by atoms with Gasteiger partial charge in [0.15, 0.2) is 12.6 Å². The van der Waals surface area contributed by atoms with Crippen molar-refractivity contribution in [2.45, 2.75) is 44.3 Å². The van der Waals surface area contributed by atoms with Crippen molar-refractivity contribution in [2.75, 3.05) is 13.7 Å². The Labute approximate surface area is 165 Å². The number of amides is 1. The molecule has 3 saturated heterocycles. The van der Waals surface area contributed by atoms with Crippen molar-refractivity contribution < 1.29 is 23.7 Å². The monoisotopic (exact) mass is 383 g/mol. The van der Waals surface area contributed by atoms with E-state index in [-0.39, 0.29) is 37.6 Å². The summed E-state index contributed by atoms with van der Waals surface area (Å²) in [6.07, 6.45) is -1.42. The smallest absolute Gasteiger partial charge is 0.254 e. The van der Waals surface area contributed by atoms with Crippen LogP contribution in [-0.4, -0.2) is 55.1 Å². The molecule has 6 nitrogen and oxygen atoms in total. The number of nitrogens with zero attached hydrogens (tertiary/aromatic N) is 1. The molecule has 2 aromatic rings. The third-order valence-corrected chi connectivity index (χ3v) is 5.45. The van der Waals surface area contributed by atoms with Crippen LogP contribution in [0.5, 0.6) is 0 Å². The van der Waals surface area contributed by atoms with Gasteiger partial charge >= 0.3 is 0 Å². The van der Waals surface area contributed by atoms with Crippen molar-refractivity contribution in [3.8, 4) is 0 Å². The van der Waals surface area contributed by atoms with Crippen molar-refractivity contribution in [3.05, 3.63) is 71.8 Å². The summed E-state index contributed by atoms with van der Waals surface area (Å²) in [6.45, 7) is 0.403. The lowest BCUT2D eigenvalue weighted by atomic mass is 10.0. The molecule has 1 amide bonds. The average Bonchev–Trinajstić information content (AvgIpc) is 3.49. The largest absolute Gasteiger partial charge is 0.354 e. The molecule has 3 fully saturated rings. The van der Waals surface area contributed by atoms with Crippen molar-refractivity contribution >= 4 is 5.91 Å². The quantitative estimate of drug-likeness (QED) is 0.763. The van der Waals surface area contributed by atoms with E-state index in [1.165, 1.54) is 0 Å². The second-order valence-electron chi connectivity index (χ2n) is 7.01. The van der Waals surface area contributed by atoms with Crippen LogP contribution in [0.15, 0.2) is 60.7 Å². The summed E-state index contributed by atoms with van der Waals surface area (Å²) in [5, 5.41) is 0. The van der Waals surface area contributed by atoms with Gasteiger partial charge in [-0.2, -0.15) is 0 Å². The van der Waals surface area contributed by atoms with Crippen LogP contribution in [0.3, 0.4) is 0 Å². The number of ether oxygens (including phenoxy) is 4. The van der Waals surface area contributed by atoms with E-state index in [2.05, 4.69) is 0 Å². The highest BCUT2D eigenvalue weighted by molar-refractivity contribution is 5.96. The molecular weight excluding hydrogens is 358 g/mol. The van der Waals surface area contributed by atoms with E-state index in [1.54, 1.807) is 7.11 Å². The maximum atomic E-state index is 13.0. The number of hydrogen-bond donors (Lipinski definition) is 0. The van der Waals surface area contributed by atoms with Gasteiger partial charge in [0.1, 0.15) is 18.2 Å². The predicted octanol–water partition coefficient (Wildman–Crippen LogP) is 3.00. The summed E-state index contributed by atoms with van der Waals surface area (Å²) in [5.41, 5.74) is 1.62. The Morgan fingerprint density at radius 3 is 2.36 bits per heavy atom. The van der Waals surface area contributed by atoms with Gasteiger partial charge in [0, 0.05) is 18.2 Å². The lowest BCUT2D eigenvalue weighted by Gasteiger charge is -2.39. The topological polar surface area (TPSA) is 57.0 Å². The van der Waals surface area contributed by atoms with E-state index in [0.717, 1.165) is 5.56 Å². The number of carbonyl (C=O) groups excluding carboxylic acids is 1. The van der Waals surface area contributed by atoms with Crippen LogP contribution in [-0.2, 0) is 18.9 Å². The van der Waals surface area contributed by atoms with Crippen LogP contribution in [0.2, 0.25) is 0 Å². The molecule has 1 unspecified atom stereocenters. The number of carbonyl (C=O) groups is 1. The van der Waals surface area contributed by atoms with Gasteiger partial charge in [0.05, 0.1) is 12.6 Å². The van der Waals surface area contributed by atoms with E-state index in [0.29, 0.717) is 12.2 Å². The first-order chi connectivity index (χ1) is 13.3. The Bertz CT molecular complexity index is 814. The molecule has 5 rings (SSSR count). The van der Waals surface area contributed by atoms with E-state index >= 15 is 0 Å². The van der Waals surface area contributed by atoms with Gasteiger partial charge in [0.25, 0.3) is 5.91 Å². The highest BCUT2D eigenvalue weighted by Crippen LogP contribution is 2.46. The summed E-state index contributed by atoms with van der Waals surface area (Å²) in [6, 6.07) is 18.9. The standard InChI is InChI=1S/C21H21NO5.CH4/c1-24-21-17-16(22(17)19(23)13-8-4-2-5-9-13)18-15(26-21)12-25-20(27-18)14-10-6-3-7-11-14;/h2-11,15-18,20-21H,12H2,1H3;1H4/t15-,16+,17-,18-,20?,21-,22?;/m1./s1. The zero-order valence-corrected chi connectivity index (χ0v) is 14.9. The highest BCUT2D eigenvalue weighted by atomic mass is 16.7. The third-order valence-electron chi connectivity index (χ3n) is 5.45. The second kappa shape index (κ2) is 7.64. The molecule has 0 N–H and O–H groups in total. The van der Waals surface area contributed by atoms with Crippen LogP contribution >= 0.6 is 0 Å². The molecule has 2 aromatic carbocycles. The maximum absolute atomic E-state index is 13.0. The van der Waals surface area contributed by atoms with Gasteiger partial charge in [-0.1, -0.05) is 56.0 Å². The fraction of sp³-hybridized carbons (Fsp3) is 0.409. The van der Waals surface area contributed by atoms with Crippen LogP contribution in [0, 0.1) is 0 Å². The second-order valence-corrected chi connectivity index (χ2v) is 7.01. The van der Waals surface area contributed by atoms with Gasteiger partial charge in [-0.05, 0) is 12.1 Å². The first-order valence-electron chi connectivity index (χ1n) is 9.16. The lowest BCUT2D eigenvalue weighted by molar-refractivity contribution is -0.304. The average molecular weight is 383 g/mol. The fourth-order valence-corrected chi connectivity index (χ4v) is 4.11. The van der Waals surface area contributed by atoms with E-state index in [9.17, 15) is 4.79 Å². The zero-order valence-electron chi connectivity index (χ0n) is 14.9. The molecule has 0 bridgehead atoms.